The maximum Gasteiger partial charge on any atom is 0.323 e. The number of rotatable bonds is 2. The Morgan fingerprint density at radius 2 is 1.80 bits per heavy atom. The summed E-state index contributed by atoms with van der Waals surface area (Å²) >= 11 is 3.43. The van der Waals surface area contributed by atoms with E-state index < -0.39 is 6.10 Å². The second-order valence-electron chi connectivity index (χ2n) is 4.77. The van der Waals surface area contributed by atoms with Gasteiger partial charge < -0.3 is 19.5 Å². The van der Waals surface area contributed by atoms with Gasteiger partial charge in [0.25, 0.3) is 0 Å². The number of aryl methyl sites for hydroxylation is 2. The lowest BCUT2D eigenvalue weighted by molar-refractivity contribution is 0.217. The minimum absolute atomic E-state index is 0.270. The molecule has 0 saturated heterocycles. The number of aliphatic hydroxyl groups excluding tert-OH is 1. The zero-order chi connectivity index (χ0) is 14.4. The van der Waals surface area contributed by atoms with Crippen molar-refractivity contribution >= 4 is 27.0 Å². The lowest BCUT2D eigenvalue weighted by atomic mass is 10.0. The third-order valence-electron chi connectivity index (χ3n) is 3.30. The number of nitrogens with one attached hydrogen (secondary N) is 2. The highest BCUT2D eigenvalue weighted by Gasteiger charge is 2.20. The number of aromatic amines is 2. The van der Waals surface area contributed by atoms with E-state index in [2.05, 4.69) is 25.9 Å². The van der Waals surface area contributed by atoms with E-state index in [1.165, 1.54) is 0 Å². The molecule has 0 amide bonds. The molecule has 3 aromatic rings. The van der Waals surface area contributed by atoms with Crippen molar-refractivity contribution < 1.29 is 9.52 Å². The second kappa shape index (κ2) is 4.64. The first-order chi connectivity index (χ1) is 9.45. The van der Waals surface area contributed by atoms with Gasteiger partial charge in [-0.15, -0.1) is 0 Å². The van der Waals surface area contributed by atoms with Crippen LogP contribution in [0.5, 0.6) is 0 Å². The number of fused-ring (bicyclic) bond motifs is 1. The van der Waals surface area contributed by atoms with Gasteiger partial charge in [-0.05, 0) is 32.0 Å². The van der Waals surface area contributed by atoms with Gasteiger partial charge in [-0.1, -0.05) is 15.9 Å². The van der Waals surface area contributed by atoms with Crippen molar-refractivity contribution in [2.24, 2.45) is 0 Å². The van der Waals surface area contributed by atoms with Crippen LogP contribution in [0, 0.1) is 13.8 Å². The number of H-pyrrole nitrogens is 2. The summed E-state index contributed by atoms with van der Waals surface area (Å²) in [4.78, 5) is 16.7. The van der Waals surface area contributed by atoms with Gasteiger partial charge in [0.2, 0.25) is 0 Å². The van der Waals surface area contributed by atoms with Crippen LogP contribution in [0.25, 0.3) is 11.0 Å². The van der Waals surface area contributed by atoms with E-state index in [9.17, 15) is 9.90 Å². The fourth-order valence-electron chi connectivity index (χ4n) is 2.37. The summed E-state index contributed by atoms with van der Waals surface area (Å²) in [5.41, 5.74) is 2.48. The van der Waals surface area contributed by atoms with E-state index in [4.69, 9.17) is 4.42 Å². The SMILES string of the molecule is Cc1cc(C(O)c2cc3[nH]c(=O)[nH]c3cc2Br)c(C)o1. The molecule has 3 rings (SSSR count). The molecule has 0 saturated carbocycles. The Kier molecular flexibility index (Phi) is 3.07. The summed E-state index contributed by atoms with van der Waals surface area (Å²) in [6, 6.07) is 5.34. The Morgan fingerprint density at radius 1 is 1.15 bits per heavy atom. The number of halogens is 1. The van der Waals surface area contributed by atoms with Crippen LogP contribution in [-0.4, -0.2) is 15.1 Å². The van der Waals surface area contributed by atoms with Gasteiger partial charge in [0.1, 0.15) is 17.6 Å². The van der Waals surface area contributed by atoms with Crippen molar-refractivity contribution in [3.63, 3.8) is 0 Å². The number of hydrogen-bond acceptors (Lipinski definition) is 3. The first-order valence-corrected chi connectivity index (χ1v) is 6.91. The minimum atomic E-state index is -0.815. The van der Waals surface area contributed by atoms with Crippen molar-refractivity contribution in [2.75, 3.05) is 0 Å². The molecule has 6 heteroatoms. The first kappa shape index (κ1) is 13.2. The number of aliphatic hydroxyl groups is 1. The summed E-state index contributed by atoms with van der Waals surface area (Å²) in [5.74, 6) is 1.44. The van der Waals surface area contributed by atoms with Crippen LogP contribution < -0.4 is 5.69 Å². The normalized spacial score (nSPS) is 13.0. The molecule has 0 bridgehead atoms. The smallest absolute Gasteiger partial charge is 0.323 e. The van der Waals surface area contributed by atoms with E-state index in [-0.39, 0.29) is 5.69 Å². The van der Waals surface area contributed by atoms with Crippen LogP contribution in [0.4, 0.5) is 0 Å². The van der Waals surface area contributed by atoms with Crippen LogP contribution in [0.15, 0.2) is 31.9 Å². The summed E-state index contributed by atoms with van der Waals surface area (Å²) in [7, 11) is 0. The average molecular weight is 337 g/mol. The van der Waals surface area contributed by atoms with Crippen molar-refractivity contribution in [3.8, 4) is 0 Å². The highest BCUT2D eigenvalue weighted by atomic mass is 79.9. The van der Waals surface area contributed by atoms with Crippen LogP contribution in [0.3, 0.4) is 0 Å². The van der Waals surface area contributed by atoms with E-state index in [0.717, 1.165) is 15.8 Å². The number of furan rings is 1. The molecule has 1 atom stereocenters. The van der Waals surface area contributed by atoms with Gasteiger partial charge in [-0.25, -0.2) is 4.79 Å². The highest BCUT2D eigenvalue weighted by Crippen LogP contribution is 2.33. The molecular weight excluding hydrogens is 324 g/mol. The molecule has 0 aliphatic rings. The lowest BCUT2D eigenvalue weighted by Crippen LogP contribution is -2.01. The molecule has 0 aliphatic carbocycles. The topological polar surface area (TPSA) is 82.0 Å². The highest BCUT2D eigenvalue weighted by molar-refractivity contribution is 9.10. The molecule has 3 N–H and O–H groups in total. The Labute approximate surface area is 122 Å². The molecule has 5 nitrogen and oxygen atoms in total. The molecule has 0 spiro atoms. The maximum absolute atomic E-state index is 11.3. The third-order valence-corrected chi connectivity index (χ3v) is 3.99. The van der Waals surface area contributed by atoms with Gasteiger partial charge in [0, 0.05) is 15.6 Å². The zero-order valence-corrected chi connectivity index (χ0v) is 12.5. The van der Waals surface area contributed by atoms with Crippen molar-refractivity contribution in [3.05, 3.63) is 55.8 Å². The lowest BCUT2D eigenvalue weighted by Gasteiger charge is -2.12. The molecule has 2 heterocycles. The van der Waals surface area contributed by atoms with Crippen molar-refractivity contribution in [2.45, 2.75) is 20.0 Å². The van der Waals surface area contributed by atoms with E-state index >= 15 is 0 Å². The third kappa shape index (κ3) is 2.10. The molecule has 0 aliphatic heterocycles. The van der Waals surface area contributed by atoms with E-state index in [1.54, 1.807) is 12.1 Å². The predicted octanol–water partition coefficient (Wildman–Crippen LogP) is 2.91. The fraction of sp³-hybridized carbons (Fsp3) is 0.214. The molecule has 1 unspecified atom stereocenters. The number of aromatic nitrogens is 2. The summed E-state index contributed by atoms with van der Waals surface area (Å²) < 4.78 is 6.18. The first-order valence-electron chi connectivity index (χ1n) is 6.12. The predicted molar refractivity (Wildman–Crippen MR) is 78.9 cm³/mol. The molecule has 104 valence electrons. The quantitative estimate of drug-likeness (QED) is 0.672. The number of imidazole rings is 1. The van der Waals surface area contributed by atoms with E-state index in [1.807, 2.05) is 19.9 Å². The minimum Gasteiger partial charge on any atom is -0.466 e. The molecule has 0 fully saturated rings. The largest absolute Gasteiger partial charge is 0.466 e. The fourth-order valence-corrected chi connectivity index (χ4v) is 2.93. The average Bonchev–Trinajstić information content (AvgIpc) is 2.88. The standard InChI is InChI=1S/C14H13BrN2O3/c1-6-3-8(7(2)20-6)13(18)9-4-11-12(5-10(9)15)17-14(19)16-11/h3-5,13,18H,1-2H3,(H2,16,17,19). The van der Waals surface area contributed by atoms with Crippen molar-refractivity contribution in [1.82, 2.24) is 9.97 Å². The number of benzene rings is 1. The van der Waals surface area contributed by atoms with Crippen LogP contribution in [0.1, 0.15) is 28.8 Å². The second-order valence-corrected chi connectivity index (χ2v) is 5.62. The summed E-state index contributed by atoms with van der Waals surface area (Å²) in [6.07, 6.45) is -0.815. The molecule has 1 aromatic carbocycles. The van der Waals surface area contributed by atoms with Gasteiger partial charge in [-0.2, -0.15) is 0 Å². The van der Waals surface area contributed by atoms with Gasteiger partial charge in [0.05, 0.1) is 11.0 Å². The van der Waals surface area contributed by atoms with Crippen molar-refractivity contribution in [1.29, 1.82) is 0 Å². The Bertz CT molecular complexity index is 844. The number of hydrogen-bond donors (Lipinski definition) is 3. The summed E-state index contributed by atoms with van der Waals surface area (Å²) in [6.45, 7) is 3.65. The monoisotopic (exact) mass is 336 g/mol. The maximum atomic E-state index is 11.3. The Balaban J connectivity index is 2.15. The molecule has 0 radical (unpaired) electrons. The summed E-state index contributed by atoms with van der Waals surface area (Å²) in [5, 5.41) is 10.5. The van der Waals surface area contributed by atoms with Crippen LogP contribution in [0.2, 0.25) is 0 Å². The van der Waals surface area contributed by atoms with Gasteiger partial charge in [-0.3, -0.25) is 0 Å². The Morgan fingerprint density at radius 3 is 2.40 bits per heavy atom. The van der Waals surface area contributed by atoms with Gasteiger partial charge >= 0.3 is 5.69 Å². The molecule has 2 aromatic heterocycles. The van der Waals surface area contributed by atoms with Crippen LogP contribution in [-0.2, 0) is 0 Å². The molecule has 20 heavy (non-hydrogen) atoms. The van der Waals surface area contributed by atoms with Crippen LogP contribution >= 0.6 is 15.9 Å². The zero-order valence-electron chi connectivity index (χ0n) is 11.0. The molecular formula is C14H13BrN2O3. The van der Waals surface area contributed by atoms with E-state index in [0.29, 0.717) is 22.4 Å². The van der Waals surface area contributed by atoms with Gasteiger partial charge in [0.15, 0.2) is 0 Å². The Hall–Kier alpha value is -1.79.